The molecule has 1 amide bonds. The lowest BCUT2D eigenvalue weighted by molar-refractivity contribution is -0.813. The monoisotopic (exact) mass is 391 g/mol. The number of amides is 1. The highest BCUT2D eigenvalue weighted by atomic mass is 79.9. The fourth-order valence-electron chi connectivity index (χ4n) is 2.86. The third-order valence-electron chi connectivity index (χ3n) is 4.92. The van der Waals surface area contributed by atoms with Gasteiger partial charge in [0.25, 0.3) is 0 Å². The molecule has 0 aliphatic heterocycles. The van der Waals surface area contributed by atoms with E-state index in [1.54, 1.807) is 6.92 Å². The molecule has 140 valence electrons. The molecule has 0 saturated heterocycles. The van der Waals surface area contributed by atoms with Crippen LogP contribution < -0.4 is 17.0 Å². The minimum absolute atomic E-state index is 0. The van der Waals surface area contributed by atoms with Gasteiger partial charge in [-0.2, -0.15) is 0 Å². The Bertz CT molecular complexity index is 266. The van der Waals surface area contributed by atoms with Gasteiger partial charge in [0.1, 0.15) is 0 Å². The quantitative estimate of drug-likeness (QED) is 0.309. The molecular formula is C20H42BrNO. The van der Waals surface area contributed by atoms with Gasteiger partial charge in [-0.1, -0.05) is 84.0 Å². The van der Waals surface area contributed by atoms with Gasteiger partial charge in [-0.25, -0.2) is 4.79 Å². The van der Waals surface area contributed by atoms with Crippen LogP contribution in [0.5, 0.6) is 0 Å². The summed E-state index contributed by atoms with van der Waals surface area (Å²) in [6.07, 6.45) is 19.4. The summed E-state index contributed by atoms with van der Waals surface area (Å²) in [4.78, 5) is 11.4. The average molecular weight is 392 g/mol. The smallest absolute Gasteiger partial charge is 0.310 e. The lowest BCUT2D eigenvalue weighted by Gasteiger charge is -2.25. The van der Waals surface area contributed by atoms with Crippen molar-refractivity contribution < 1.29 is 26.3 Å². The van der Waals surface area contributed by atoms with Crippen molar-refractivity contribution in [2.24, 2.45) is 0 Å². The molecule has 0 bridgehead atoms. The number of unbranched alkanes of at least 4 members (excludes halogenated alkanes) is 13. The lowest BCUT2D eigenvalue weighted by Crippen LogP contribution is -3.00. The molecule has 0 unspecified atom stereocenters. The fraction of sp³-hybridized carbons (Fsp3) is 0.950. The number of nitrogens with zero attached hydrogens (tertiary/aromatic N) is 1. The van der Waals surface area contributed by atoms with Crippen molar-refractivity contribution in [3.05, 3.63) is 0 Å². The maximum atomic E-state index is 11.4. The SMILES string of the molecule is CCCCCCCCCCCCCCCC[N+](C)(C)C(C)=O.[Br-]. The molecule has 23 heavy (non-hydrogen) atoms. The first-order valence-electron chi connectivity index (χ1n) is 9.85. The molecule has 0 rings (SSSR count). The van der Waals surface area contributed by atoms with Crippen LogP contribution in [0, 0.1) is 0 Å². The van der Waals surface area contributed by atoms with Crippen molar-refractivity contribution in [2.75, 3.05) is 20.6 Å². The van der Waals surface area contributed by atoms with E-state index in [1.807, 2.05) is 14.1 Å². The second-order valence-corrected chi connectivity index (χ2v) is 7.52. The maximum absolute atomic E-state index is 11.4. The second-order valence-electron chi connectivity index (χ2n) is 7.52. The van der Waals surface area contributed by atoms with Crippen LogP contribution in [0.4, 0.5) is 0 Å². The fourth-order valence-corrected chi connectivity index (χ4v) is 2.86. The molecule has 0 aliphatic carbocycles. The third-order valence-corrected chi connectivity index (χ3v) is 4.92. The molecule has 3 heteroatoms. The molecule has 0 aromatic heterocycles. The Balaban J connectivity index is 0. The van der Waals surface area contributed by atoms with Gasteiger partial charge in [-0.05, 0) is 12.8 Å². The first kappa shape index (κ1) is 25.4. The summed E-state index contributed by atoms with van der Waals surface area (Å²) >= 11 is 0. The van der Waals surface area contributed by atoms with E-state index in [4.69, 9.17) is 0 Å². The van der Waals surface area contributed by atoms with Gasteiger partial charge in [-0.15, -0.1) is 0 Å². The highest BCUT2D eigenvalue weighted by Gasteiger charge is 2.20. The number of hydrogen-bond acceptors (Lipinski definition) is 1. The number of carbonyl (C=O) groups excluding carboxylic acids is 1. The Hall–Kier alpha value is 0.110. The Morgan fingerprint density at radius 2 is 0.957 bits per heavy atom. The van der Waals surface area contributed by atoms with Gasteiger partial charge in [0, 0.05) is 0 Å². The molecule has 2 nitrogen and oxygen atoms in total. The maximum Gasteiger partial charge on any atom is 0.310 e. The summed E-state index contributed by atoms with van der Waals surface area (Å²) < 4.78 is 0.540. The molecule has 0 atom stereocenters. The first-order valence-corrected chi connectivity index (χ1v) is 9.85. The van der Waals surface area contributed by atoms with Crippen LogP contribution in [0.2, 0.25) is 0 Å². The summed E-state index contributed by atoms with van der Waals surface area (Å²) in [6.45, 7) is 4.97. The van der Waals surface area contributed by atoms with Crippen LogP contribution in [0.25, 0.3) is 0 Å². The van der Waals surface area contributed by atoms with Crippen molar-refractivity contribution in [2.45, 2.75) is 104 Å². The highest BCUT2D eigenvalue weighted by Crippen LogP contribution is 2.13. The van der Waals surface area contributed by atoms with Gasteiger partial charge >= 0.3 is 5.91 Å². The van der Waals surface area contributed by atoms with E-state index >= 15 is 0 Å². The van der Waals surface area contributed by atoms with Gasteiger partial charge in [0.2, 0.25) is 0 Å². The van der Waals surface area contributed by atoms with E-state index in [0.29, 0.717) is 4.48 Å². The Labute approximate surface area is 156 Å². The summed E-state index contributed by atoms with van der Waals surface area (Å²) in [5, 5.41) is 0. The molecular weight excluding hydrogens is 350 g/mol. The van der Waals surface area contributed by atoms with E-state index in [-0.39, 0.29) is 22.9 Å². The number of quaternary nitrogens is 1. The van der Waals surface area contributed by atoms with Crippen LogP contribution in [-0.2, 0) is 4.79 Å². The van der Waals surface area contributed by atoms with Crippen molar-refractivity contribution in [1.82, 2.24) is 0 Å². The molecule has 0 spiro atoms. The van der Waals surface area contributed by atoms with Crippen molar-refractivity contribution in [1.29, 1.82) is 0 Å². The number of rotatable bonds is 15. The number of carbonyl (C=O) groups is 1. The molecule has 0 aliphatic rings. The van der Waals surface area contributed by atoms with Crippen LogP contribution in [0.15, 0.2) is 0 Å². The van der Waals surface area contributed by atoms with Crippen molar-refractivity contribution in [3.8, 4) is 0 Å². The highest BCUT2D eigenvalue weighted by molar-refractivity contribution is 5.65. The van der Waals surface area contributed by atoms with Gasteiger partial charge in [0.15, 0.2) is 0 Å². The molecule has 0 aromatic rings. The first-order chi connectivity index (χ1) is 10.5. The van der Waals surface area contributed by atoms with E-state index < -0.39 is 0 Å². The van der Waals surface area contributed by atoms with E-state index in [2.05, 4.69) is 6.92 Å². The minimum Gasteiger partial charge on any atom is -1.00 e. The largest absolute Gasteiger partial charge is 1.00 e. The van der Waals surface area contributed by atoms with Crippen molar-refractivity contribution >= 4 is 5.91 Å². The van der Waals surface area contributed by atoms with E-state index in [0.717, 1.165) is 6.54 Å². The summed E-state index contributed by atoms with van der Waals surface area (Å²) in [6, 6.07) is 0. The summed E-state index contributed by atoms with van der Waals surface area (Å²) in [7, 11) is 4.04. The number of halogens is 1. The van der Waals surface area contributed by atoms with E-state index in [1.165, 1.54) is 89.9 Å². The normalized spacial score (nSPS) is 11.3. The van der Waals surface area contributed by atoms with Crippen LogP contribution in [-0.4, -0.2) is 31.0 Å². The van der Waals surface area contributed by atoms with Crippen LogP contribution >= 0.6 is 0 Å². The minimum atomic E-state index is 0. The zero-order valence-electron chi connectivity index (χ0n) is 16.3. The summed E-state index contributed by atoms with van der Waals surface area (Å²) in [5.41, 5.74) is 0. The summed E-state index contributed by atoms with van der Waals surface area (Å²) in [5.74, 6) is 0.273. The average Bonchev–Trinajstić information content (AvgIpc) is 2.47. The lowest BCUT2D eigenvalue weighted by atomic mass is 10.0. The van der Waals surface area contributed by atoms with E-state index in [9.17, 15) is 4.79 Å². The predicted octanol–water partition coefficient (Wildman–Crippen LogP) is 3.09. The van der Waals surface area contributed by atoms with Gasteiger partial charge in [0.05, 0.1) is 27.6 Å². The second kappa shape index (κ2) is 17.0. The third kappa shape index (κ3) is 16.7. The Morgan fingerprint density at radius 1 is 0.652 bits per heavy atom. The Morgan fingerprint density at radius 3 is 1.26 bits per heavy atom. The molecule has 0 N–H and O–H groups in total. The van der Waals surface area contributed by atoms with Crippen molar-refractivity contribution in [3.63, 3.8) is 0 Å². The topological polar surface area (TPSA) is 17.1 Å². The molecule has 0 fully saturated rings. The zero-order valence-corrected chi connectivity index (χ0v) is 17.9. The van der Waals surface area contributed by atoms with Gasteiger partial charge < -0.3 is 17.0 Å². The van der Waals surface area contributed by atoms with Crippen LogP contribution in [0.1, 0.15) is 104 Å². The molecule has 0 saturated carbocycles. The van der Waals surface area contributed by atoms with Crippen LogP contribution in [0.3, 0.4) is 0 Å². The van der Waals surface area contributed by atoms with Gasteiger partial charge in [-0.3, -0.25) is 4.48 Å². The zero-order chi connectivity index (χ0) is 16.7. The Kier molecular flexibility index (Phi) is 18.7. The predicted molar refractivity (Wildman–Crippen MR) is 98.0 cm³/mol. The number of hydrogen-bond donors (Lipinski definition) is 0. The molecule has 0 radical (unpaired) electrons. The molecule has 0 heterocycles. The standard InChI is InChI=1S/C20H42NO.BrH/c1-5-6-7-8-9-10-11-12-13-14-15-16-17-18-19-21(3,4)20(2)22;/h5-19H2,1-4H3;1H/q+1;/p-1. The molecule has 0 aromatic carbocycles.